The van der Waals surface area contributed by atoms with Crippen LogP contribution in [0.25, 0.3) is 0 Å². The molecule has 0 fully saturated rings. The van der Waals surface area contributed by atoms with E-state index in [1.165, 1.54) is 0 Å². The lowest BCUT2D eigenvalue weighted by Gasteiger charge is -2.40. The van der Waals surface area contributed by atoms with E-state index in [1.807, 2.05) is 45.0 Å². The molecule has 0 saturated carbocycles. The van der Waals surface area contributed by atoms with Crippen molar-refractivity contribution in [1.82, 2.24) is 4.98 Å². The number of ether oxygens (including phenoxy) is 3. The van der Waals surface area contributed by atoms with Gasteiger partial charge in [0.2, 0.25) is 5.88 Å². The molecular formula is C33H36N2O6S. The van der Waals surface area contributed by atoms with Gasteiger partial charge in [0.05, 0.1) is 17.0 Å². The summed E-state index contributed by atoms with van der Waals surface area (Å²) in [5.41, 5.74) is 11.3. The summed E-state index contributed by atoms with van der Waals surface area (Å²) in [6, 6.07) is 14.4. The van der Waals surface area contributed by atoms with Crippen LogP contribution in [0.5, 0.6) is 23.1 Å². The lowest BCUT2D eigenvalue weighted by Crippen LogP contribution is -2.41. The topological polar surface area (TPSA) is 124 Å². The Labute approximate surface area is 249 Å². The van der Waals surface area contributed by atoms with Gasteiger partial charge in [-0.2, -0.15) is 0 Å². The number of nitrogen functional groups attached to an aromatic ring is 1. The minimum atomic E-state index is -0.412. The molecule has 0 bridgehead atoms. The number of benzene rings is 3. The molecule has 5 rings (SSSR count). The smallest absolute Gasteiger partial charge is 0.343 e. The van der Waals surface area contributed by atoms with Gasteiger partial charge in [0, 0.05) is 24.1 Å². The van der Waals surface area contributed by atoms with Gasteiger partial charge in [-0.25, -0.2) is 4.79 Å². The Morgan fingerprint density at radius 3 is 2.43 bits per heavy atom. The average Bonchev–Trinajstić information content (AvgIpc) is 3.31. The van der Waals surface area contributed by atoms with Crippen molar-refractivity contribution >= 4 is 23.0 Å². The van der Waals surface area contributed by atoms with Crippen LogP contribution in [-0.2, 0) is 12.8 Å². The van der Waals surface area contributed by atoms with Crippen LogP contribution in [0.2, 0.25) is 0 Å². The number of anilines is 1. The summed E-state index contributed by atoms with van der Waals surface area (Å²) < 4.78 is 18.8. The van der Waals surface area contributed by atoms with E-state index in [0.29, 0.717) is 34.9 Å². The van der Waals surface area contributed by atoms with Crippen LogP contribution < -0.4 is 24.8 Å². The summed E-state index contributed by atoms with van der Waals surface area (Å²) in [5, 5.41) is 9.84. The van der Waals surface area contributed by atoms with E-state index < -0.39 is 5.97 Å². The van der Waals surface area contributed by atoms with Crippen molar-refractivity contribution in [3.05, 3.63) is 96.5 Å². The second-order valence-corrected chi connectivity index (χ2v) is 11.9. The van der Waals surface area contributed by atoms with E-state index in [4.69, 9.17) is 19.9 Å². The van der Waals surface area contributed by atoms with Crippen molar-refractivity contribution < 1.29 is 24.1 Å². The summed E-state index contributed by atoms with van der Waals surface area (Å²) in [6.45, 7) is 8.61. The number of esters is 1. The summed E-state index contributed by atoms with van der Waals surface area (Å²) in [5.74, 6) is 1.74. The second-order valence-electron chi connectivity index (χ2n) is 10.9. The van der Waals surface area contributed by atoms with Gasteiger partial charge in [0.25, 0.3) is 0 Å². The number of rotatable bonds is 9. The number of carbonyl (C=O) groups excluding carboxylic acids is 1. The SMILES string of the molecule is CCC1(CCOc2ccc(Cc3sc(=O)[nH]c3O)cc2)CCc2c(C)c(OC(=O)c3ccc(N)cc3)c(C)c(C)c2O1. The minimum Gasteiger partial charge on any atom is -0.494 e. The first-order valence-electron chi connectivity index (χ1n) is 14.1. The zero-order chi connectivity index (χ0) is 30.0. The number of thiazole rings is 1. The van der Waals surface area contributed by atoms with Gasteiger partial charge >= 0.3 is 10.8 Å². The summed E-state index contributed by atoms with van der Waals surface area (Å²) in [4.78, 5) is 27.1. The van der Waals surface area contributed by atoms with Crippen molar-refractivity contribution in [2.75, 3.05) is 12.3 Å². The molecule has 0 radical (unpaired) electrons. The van der Waals surface area contributed by atoms with Crippen LogP contribution in [0.3, 0.4) is 0 Å². The molecule has 0 spiro atoms. The molecule has 0 amide bonds. The molecule has 8 nitrogen and oxygen atoms in total. The molecule has 3 aromatic carbocycles. The summed E-state index contributed by atoms with van der Waals surface area (Å²) in [6.07, 6.45) is 3.68. The number of nitrogens with two attached hydrogens (primary N) is 1. The highest BCUT2D eigenvalue weighted by atomic mass is 32.1. The van der Waals surface area contributed by atoms with Crippen molar-refractivity contribution in [2.24, 2.45) is 0 Å². The molecule has 4 N–H and O–H groups in total. The monoisotopic (exact) mass is 588 g/mol. The standard InChI is InChI=1S/C33H36N2O6S/c1-5-33(16-17-39-25-12-6-22(7-13-25)18-27-30(36)35-32(38)42-27)15-14-26-21(4)28(19(2)20(3)29(26)41-33)40-31(37)23-8-10-24(34)11-9-23/h6-13,36H,5,14-18,34H2,1-4H3,(H,35,38). The Morgan fingerprint density at radius 2 is 1.79 bits per heavy atom. The summed E-state index contributed by atoms with van der Waals surface area (Å²) in [7, 11) is 0. The van der Waals surface area contributed by atoms with Gasteiger partial charge in [0.15, 0.2) is 0 Å². The highest BCUT2D eigenvalue weighted by Gasteiger charge is 2.37. The molecular weight excluding hydrogens is 552 g/mol. The molecule has 0 saturated heterocycles. The number of nitrogens with one attached hydrogen (secondary N) is 1. The summed E-state index contributed by atoms with van der Waals surface area (Å²) >= 11 is 1.01. The lowest BCUT2D eigenvalue weighted by atomic mass is 9.83. The third-order valence-electron chi connectivity index (χ3n) is 8.26. The Balaban J connectivity index is 1.25. The van der Waals surface area contributed by atoms with E-state index in [-0.39, 0.29) is 16.4 Å². The zero-order valence-corrected chi connectivity index (χ0v) is 25.2. The van der Waals surface area contributed by atoms with Gasteiger partial charge in [-0.05, 0) is 98.7 Å². The maximum absolute atomic E-state index is 12.9. The van der Waals surface area contributed by atoms with Crippen LogP contribution in [0.4, 0.5) is 5.69 Å². The van der Waals surface area contributed by atoms with Crippen LogP contribution >= 0.6 is 11.3 Å². The van der Waals surface area contributed by atoms with Gasteiger partial charge in [-0.3, -0.25) is 9.78 Å². The fourth-order valence-corrected chi connectivity index (χ4v) is 6.21. The van der Waals surface area contributed by atoms with Crippen molar-refractivity contribution in [3.63, 3.8) is 0 Å². The molecule has 1 aliphatic heterocycles. The molecule has 220 valence electrons. The normalized spacial score (nSPS) is 16.0. The first kappa shape index (κ1) is 29.3. The van der Waals surface area contributed by atoms with Crippen molar-refractivity contribution in [1.29, 1.82) is 0 Å². The number of fused-ring (bicyclic) bond motifs is 1. The Hall–Kier alpha value is -4.24. The minimum absolute atomic E-state index is 0.0692. The van der Waals surface area contributed by atoms with E-state index in [2.05, 4.69) is 11.9 Å². The number of aromatic nitrogens is 1. The van der Waals surface area contributed by atoms with E-state index >= 15 is 0 Å². The fraction of sp³-hybridized carbons (Fsp3) is 0.333. The molecule has 1 unspecified atom stereocenters. The van der Waals surface area contributed by atoms with Crippen LogP contribution in [0.15, 0.2) is 53.3 Å². The molecule has 1 aliphatic rings. The molecule has 42 heavy (non-hydrogen) atoms. The number of aromatic amines is 1. The Bertz CT molecular complexity index is 1660. The van der Waals surface area contributed by atoms with Crippen LogP contribution in [0, 0.1) is 20.8 Å². The quantitative estimate of drug-likeness (QED) is 0.117. The predicted octanol–water partition coefficient (Wildman–Crippen LogP) is 6.40. The van der Waals surface area contributed by atoms with Crippen molar-refractivity contribution in [2.45, 2.75) is 65.4 Å². The van der Waals surface area contributed by atoms with Crippen LogP contribution in [-0.4, -0.2) is 28.3 Å². The molecule has 0 aliphatic carbocycles. The first-order chi connectivity index (χ1) is 20.1. The van der Waals surface area contributed by atoms with Gasteiger partial charge < -0.3 is 25.1 Å². The van der Waals surface area contributed by atoms with E-state index in [9.17, 15) is 14.7 Å². The fourth-order valence-electron chi connectivity index (χ4n) is 5.46. The van der Waals surface area contributed by atoms with Crippen LogP contribution in [0.1, 0.15) is 69.2 Å². The van der Waals surface area contributed by atoms with E-state index in [0.717, 1.165) is 76.3 Å². The van der Waals surface area contributed by atoms with Crippen molar-refractivity contribution in [3.8, 4) is 23.1 Å². The molecule has 1 atom stereocenters. The maximum atomic E-state index is 12.9. The molecule has 2 heterocycles. The molecule has 9 heteroatoms. The lowest BCUT2D eigenvalue weighted by molar-refractivity contribution is 0.0202. The first-order valence-corrected chi connectivity index (χ1v) is 14.9. The second kappa shape index (κ2) is 11.9. The average molecular weight is 589 g/mol. The molecule has 1 aromatic heterocycles. The number of H-pyrrole nitrogens is 1. The van der Waals surface area contributed by atoms with Gasteiger partial charge in [0.1, 0.15) is 22.8 Å². The highest BCUT2D eigenvalue weighted by molar-refractivity contribution is 7.09. The number of carbonyl (C=O) groups is 1. The Morgan fingerprint density at radius 1 is 1.07 bits per heavy atom. The zero-order valence-electron chi connectivity index (χ0n) is 24.3. The predicted molar refractivity (Wildman–Crippen MR) is 164 cm³/mol. The number of hydrogen-bond acceptors (Lipinski definition) is 8. The Kier molecular flexibility index (Phi) is 8.31. The van der Waals surface area contributed by atoms with E-state index in [1.54, 1.807) is 24.3 Å². The maximum Gasteiger partial charge on any atom is 0.343 e. The third-order valence-corrected chi connectivity index (χ3v) is 9.13. The largest absolute Gasteiger partial charge is 0.494 e. The van der Waals surface area contributed by atoms with Gasteiger partial charge in [-0.15, -0.1) is 0 Å². The number of aromatic hydroxyl groups is 1. The third kappa shape index (κ3) is 6.01. The molecule has 4 aromatic rings. The highest BCUT2D eigenvalue weighted by Crippen LogP contribution is 2.45. The number of hydrogen-bond donors (Lipinski definition) is 3. The van der Waals surface area contributed by atoms with Gasteiger partial charge in [-0.1, -0.05) is 30.4 Å².